The van der Waals surface area contributed by atoms with E-state index < -0.39 is 14.9 Å². The second-order valence-electron chi connectivity index (χ2n) is 7.65. The molecule has 1 aliphatic rings. The van der Waals surface area contributed by atoms with Gasteiger partial charge in [-0.3, -0.25) is 15.0 Å². The molecular formula is C21H24BrClN6O6S. The lowest BCUT2D eigenvalue weighted by Crippen LogP contribution is -2.38. The summed E-state index contributed by atoms with van der Waals surface area (Å²) < 4.78 is 40.9. The van der Waals surface area contributed by atoms with Crippen LogP contribution in [0.1, 0.15) is 5.56 Å². The van der Waals surface area contributed by atoms with Crippen molar-refractivity contribution < 1.29 is 22.8 Å². The van der Waals surface area contributed by atoms with E-state index in [9.17, 15) is 18.5 Å². The minimum Gasteiger partial charge on any atom is -0.491 e. The third-order valence-electron chi connectivity index (χ3n) is 5.41. The number of nitro benzene ring substituents is 1. The largest absolute Gasteiger partial charge is 0.491 e. The lowest BCUT2D eigenvalue weighted by molar-refractivity contribution is -0.385. The molecule has 0 saturated carbocycles. The van der Waals surface area contributed by atoms with E-state index in [1.54, 1.807) is 16.9 Å². The molecule has 3 aromatic rings. The van der Waals surface area contributed by atoms with Gasteiger partial charge < -0.3 is 9.47 Å². The van der Waals surface area contributed by atoms with Crippen molar-refractivity contribution >= 4 is 55.8 Å². The fourth-order valence-electron chi connectivity index (χ4n) is 3.46. The van der Waals surface area contributed by atoms with Crippen molar-refractivity contribution in [1.29, 1.82) is 0 Å². The number of benzene rings is 1. The van der Waals surface area contributed by atoms with Gasteiger partial charge in [0.2, 0.25) is 0 Å². The molecule has 194 valence electrons. The van der Waals surface area contributed by atoms with E-state index in [1.165, 1.54) is 25.4 Å². The zero-order valence-electron chi connectivity index (χ0n) is 19.2. The average molecular weight is 604 g/mol. The predicted octanol–water partition coefficient (Wildman–Crippen LogP) is 2.79. The van der Waals surface area contributed by atoms with Gasteiger partial charge in [0.15, 0.2) is 0 Å². The van der Waals surface area contributed by atoms with Crippen LogP contribution in [0, 0.1) is 10.1 Å². The molecule has 15 heteroatoms. The standard InChI is InChI=1S/C21H23BrN6O6S.ClH/c1-25(23-14-16-15-24-27-5-4-17(22)12-19(16)27)35(31,32)21-13-18(28(29)30)2-3-20(21)34-11-8-26-6-9-33-10-7-26;/h2-5,12-15H,6-11H2,1H3;1H/b23-14-;. The number of rotatable bonds is 9. The summed E-state index contributed by atoms with van der Waals surface area (Å²) >= 11 is 3.40. The third-order valence-corrected chi connectivity index (χ3v) is 7.56. The van der Waals surface area contributed by atoms with Crippen molar-refractivity contribution in [3.05, 3.63) is 62.9 Å². The molecule has 1 saturated heterocycles. The Bertz CT molecular complexity index is 1360. The highest BCUT2D eigenvalue weighted by Gasteiger charge is 2.27. The first-order valence-electron chi connectivity index (χ1n) is 10.6. The molecule has 0 radical (unpaired) electrons. The third kappa shape index (κ3) is 6.31. The van der Waals surface area contributed by atoms with Gasteiger partial charge in [0, 0.05) is 55.0 Å². The lowest BCUT2D eigenvalue weighted by Gasteiger charge is -2.26. The number of sulfonamides is 1. The highest BCUT2D eigenvalue weighted by molar-refractivity contribution is 9.10. The van der Waals surface area contributed by atoms with E-state index >= 15 is 0 Å². The zero-order chi connectivity index (χ0) is 25.0. The average Bonchev–Trinajstić information content (AvgIpc) is 3.25. The van der Waals surface area contributed by atoms with Crippen molar-refractivity contribution in [2.75, 3.05) is 46.5 Å². The summed E-state index contributed by atoms with van der Waals surface area (Å²) in [5, 5.41) is 19.6. The van der Waals surface area contributed by atoms with Gasteiger partial charge in [-0.1, -0.05) is 15.9 Å². The summed E-state index contributed by atoms with van der Waals surface area (Å²) in [4.78, 5) is 12.4. The van der Waals surface area contributed by atoms with Crippen LogP contribution in [0.4, 0.5) is 5.69 Å². The van der Waals surface area contributed by atoms with Gasteiger partial charge in [-0.15, -0.1) is 12.4 Å². The minimum absolute atomic E-state index is 0. The van der Waals surface area contributed by atoms with Gasteiger partial charge in [0.25, 0.3) is 15.7 Å². The van der Waals surface area contributed by atoms with Crippen LogP contribution in [0.2, 0.25) is 0 Å². The highest BCUT2D eigenvalue weighted by Crippen LogP contribution is 2.30. The molecule has 0 amide bonds. The molecule has 2 aromatic heterocycles. The van der Waals surface area contributed by atoms with E-state index in [4.69, 9.17) is 9.47 Å². The summed E-state index contributed by atoms with van der Waals surface area (Å²) in [5.74, 6) is 0.0193. The number of aromatic nitrogens is 2. The summed E-state index contributed by atoms with van der Waals surface area (Å²) in [5.41, 5.74) is 0.944. The van der Waals surface area contributed by atoms with E-state index in [0.29, 0.717) is 25.3 Å². The number of nitrogens with zero attached hydrogens (tertiary/aromatic N) is 6. The van der Waals surface area contributed by atoms with Gasteiger partial charge in [-0.05, 0) is 18.2 Å². The van der Waals surface area contributed by atoms with Crippen LogP contribution < -0.4 is 4.74 Å². The van der Waals surface area contributed by atoms with Crippen LogP contribution in [0.3, 0.4) is 0 Å². The van der Waals surface area contributed by atoms with Crippen molar-refractivity contribution in [3.63, 3.8) is 0 Å². The molecule has 0 aliphatic carbocycles. The van der Waals surface area contributed by atoms with Gasteiger partial charge in [0.05, 0.1) is 36.1 Å². The zero-order valence-corrected chi connectivity index (χ0v) is 22.4. The monoisotopic (exact) mass is 602 g/mol. The quantitative estimate of drug-likeness (QED) is 0.207. The molecule has 12 nitrogen and oxygen atoms in total. The first-order valence-corrected chi connectivity index (χ1v) is 12.9. The minimum atomic E-state index is -4.26. The lowest BCUT2D eigenvalue weighted by atomic mass is 10.3. The van der Waals surface area contributed by atoms with Crippen LogP contribution in [0.15, 0.2) is 57.2 Å². The molecular weight excluding hydrogens is 580 g/mol. The number of halogens is 2. The molecule has 0 unspecified atom stereocenters. The number of morpholine rings is 1. The van der Waals surface area contributed by atoms with E-state index in [1.807, 2.05) is 12.1 Å². The van der Waals surface area contributed by atoms with Crippen LogP contribution in [0.25, 0.3) is 5.52 Å². The highest BCUT2D eigenvalue weighted by atomic mass is 79.9. The van der Waals surface area contributed by atoms with Gasteiger partial charge in [0.1, 0.15) is 17.3 Å². The van der Waals surface area contributed by atoms with Crippen molar-refractivity contribution in [2.45, 2.75) is 4.90 Å². The fourth-order valence-corrected chi connectivity index (χ4v) is 4.90. The van der Waals surface area contributed by atoms with E-state index in [-0.39, 0.29) is 35.3 Å². The molecule has 0 bridgehead atoms. The molecule has 0 spiro atoms. The normalized spacial score (nSPS) is 14.6. The number of hydrogen-bond acceptors (Lipinski definition) is 9. The number of hydrazone groups is 1. The Kier molecular flexibility index (Phi) is 9.24. The molecule has 0 N–H and O–H groups in total. The first kappa shape index (κ1) is 27.8. The summed E-state index contributed by atoms with van der Waals surface area (Å²) in [7, 11) is -3.01. The van der Waals surface area contributed by atoms with Gasteiger partial charge in [-0.2, -0.15) is 23.0 Å². The number of nitro groups is 1. The molecule has 1 fully saturated rings. The second-order valence-corrected chi connectivity index (χ2v) is 10.5. The molecule has 0 atom stereocenters. The fraction of sp³-hybridized carbons (Fsp3) is 0.333. The Balaban J connectivity index is 0.00000361. The Labute approximate surface area is 222 Å². The maximum absolute atomic E-state index is 13.3. The maximum atomic E-state index is 13.3. The van der Waals surface area contributed by atoms with Crippen molar-refractivity contribution in [3.8, 4) is 5.75 Å². The Morgan fingerprint density at radius 3 is 2.78 bits per heavy atom. The molecule has 4 rings (SSSR count). The number of fused-ring (bicyclic) bond motifs is 1. The summed E-state index contributed by atoms with van der Waals surface area (Å²) in [6.07, 6.45) is 4.67. The van der Waals surface area contributed by atoms with Gasteiger partial charge in [-0.25, -0.2) is 4.52 Å². The van der Waals surface area contributed by atoms with Crippen LogP contribution in [-0.4, -0.2) is 85.0 Å². The maximum Gasteiger partial charge on any atom is 0.282 e. The van der Waals surface area contributed by atoms with Crippen molar-refractivity contribution in [2.24, 2.45) is 5.10 Å². The number of hydrogen-bond donors (Lipinski definition) is 0. The van der Waals surface area contributed by atoms with Crippen LogP contribution >= 0.6 is 28.3 Å². The van der Waals surface area contributed by atoms with Crippen LogP contribution in [-0.2, 0) is 14.8 Å². The summed E-state index contributed by atoms with van der Waals surface area (Å²) in [6.45, 7) is 3.55. The smallest absolute Gasteiger partial charge is 0.282 e. The Hall–Kier alpha value is -2.78. The topological polar surface area (TPSA) is 132 Å². The SMILES string of the molecule is CN(/N=C\c1cnn2ccc(Br)cc12)S(=O)(=O)c1cc([N+](=O)[O-])ccc1OCCN1CCOCC1.Cl. The van der Waals surface area contributed by atoms with Crippen LogP contribution in [0.5, 0.6) is 5.75 Å². The number of non-ortho nitro benzene ring substituents is 1. The Morgan fingerprint density at radius 2 is 2.06 bits per heavy atom. The van der Waals surface area contributed by atoms with E-state index in [2.05, 4.69) is 31.0 Å². The molecule has 1 aromatic carbocycles. The molecule has 36 heavy (non-hydrogen) atoms. The van der Waals surface area contributed by atoms with Gasteiger partial charge >= 0.3 is 0 Å². The summed E-state index contributed by atoms with van der Waals surface area (Å²) in [6, 6.07) is 7.13. The predicted molar refractivity (Wildman–Crippen MR) is 139 cm³/mol. The number of pyridine rings is 1. The van der Waals surface area contributed by atoms with Crippen molar-refractivity contribution in [1.82, 2.24) is 18.9 Å². The Morgan fingerprint density at radius 1 is 1.31 bits per heavy atom. The molecule has 3 heterocycles. The first-order chi connectivity index (χ1) is 16.8. The number of ether oxygens (including phenoxy) is 2. The second kappa shape index (κ2) is 12.0. The molecule has 1 aliphatic heterocycles. The van der Waals surface area contributed by atoms with E-state index in [0.717, 1.165) is 33.6 Å².